The molecule has 12 heavy (non-hydrogen) atoms. The summed E-state index contributed by atoms with van der Waals surface area (Å²) in [5.41, 5.74) is 0. The van der Waals surface area contributed by atoms with Crippen LogP contribution in [0.5, 0.6) is 0 Å². The molecule has 0 saturated heterocycles. The molecular formula is C2H4Cl2O6P2. The van der Waals surface area contributed by atoms with Crippen LogP contribution in [0.1, 0.15) is 0 Å². The fourth-order valence-electron chi connectivity index (χ4n) is 0.390. The molecule has 0 rings (SSSR count). The zero-order valence-electron chi connectivity index (χ0n) is 5.26. The molecule has 0 aromatic rings. The highest BCUT2D eigenvalue weighted by Gasteiger charge is 2.38. The van der Waals surface area contributed by atoms with Gasteiger partial charge in [0.1, 0.15) is 4.49 Å². The lowest BCUT2D eigenvalue weighted by Gasteiger charge is -2.09. The first kappa shape index (κ1) is 12.6. The molecule has 0 radical (unpaired) electrons. The normalized spacial score (nSPS) is 12.8. The minimum absolute atomic E-state index is 1.11. The van der Waals surface area contributed by atoms with Crippen molar-refractivity contribution in [3.63, 3.8) is 0 Å². The van der Waals surface area contributed by atoms with E-state index in [1.807, 2.05) is 0 Å². The van der Waals surface area contributed by atoms with E-state index in [9.17, 15) is 9.13 Å². The average molecular weight is 257 g/mol. The van der Waals surface area contributed by atoms with Crippen molar-refractivity contribution in [2.75, 3.05) is 0 Å². The zero-order chi connectivity index (χ0) is 10.2. The van der Waals surface area contributed by atoms with Gasteiger partial charge in [-0.05, 0) is 0 Å². The lowest BCUT2D eigenvalue weighted by atomic mass is 11.2. The van der Waals surface area contributed by atoms with E-state index in [0.717, 1.165) is 0 Å². The van der Waals surface area contributed by atoms with Gasteiger partial charge in [-0.3, -0.25) is 9.13 Å². The van der Waals surface area contributed by atoms with Crippen molar-refractivity contribution < 1.29 is 28.7 Å². The van der Waals surface area contributed by atoms with Crippen LogP contribution in [-0.4, -0.2) is 19.6 Å². The molecule has 0 aromatic carbocycles. The van der Waals surface area contributed by atoms with Crippen LogP contribution in [0.15, 0.2) is 9.55 Å². The Labute approximate surface area is 77.1 Å². The first-order valence-electron chi connectivity index (χ1n) is 2.24. The van der Waals surface area contributed by atoms with Gasteiger partial charge in [-0.15, -0.1) is 0 Å². The van der Waals surface area contributed by atoms with Crippen LogP contribution < -0.4 is 0 Å². The van der Waals surface area contributed by atoms with Gasteiger partial charge in [-0.2, -0.15) is 0 Å². The van der Waals surface area contributed by atoms with Crippen molar-refractivity contribution in [1.82, 2.24) is 0 Å². The van der Waals surface area contributed by atoms with Crippen molar-refractivity contribution in [3.8, 4) is 0 Å². The minimum Gasteiger partial charge on any atom is -0.321 e. The first-order valence-corrected chi connectivity index (χ1v) is 6.22. The third-order valence-electron chi connectivity index (χ3n) is 0.721. The van der Waals surface area contributed by atoms with Gasteiger partial charge >= 0.3 is 15.2 Å². The maximum Gasteiger partial charge on any atom is 0.366 e. The summed E-state index contributed by atoms with van der Waals surface area (Å²) in [6.45, 7) is 0. The summed E-state index contributed by atoms with van der Waals surface area (Å²) in [6, 6.07) is 0. The second-order valence-corrected chi connectivity index (χ2v) is 6.04. The molecule has 0 aromatic heterocycles. The Bertz CT molecular complexity index is 269. The Hall–Kier alpha value is 0.620. The molecule has 0 spiro atoms. The smallest absolute Gasteiger partial charge is 0.321 e. The van der Waals surface area contributed by atoms with Gasteiger partial charge in [0, 0.05) is 0 Å². The SMILES string of the molecule is O=P(O)(O)C(=C(Cl)Cl)P(=O)(O)O. The molecule has 0 heterocycles. The molecule has 0 aliphatic heterocycles. The Morgan fingerprint density at radius 2 is 1.17 bits per heavy atom. The highest BCUT2D eigenvalue weighted by Crippen LogP contribution is 2.66. The summed E-state index contributed by atoms with van der Waals surface area (Å²) < 4.78 is 19.7. The topological polar surface area (TPSA) is 115 Å². The molecule has 0 bridgehead atoms. The highest BCUT2D eigenvalue weighted by atomic mass is 35.5. The molecule has 72 valence electrons. The summed E-state index contributed by atoms with van der Waals surface area (Å²) in [7, 11) is -10.2. The Kier molecular flexibility index (Phi) is 3.98. The fourth-order valence-corrected chi connectivity index (χ4v) is 3.51. The first-order chi connectivity index (χ1) is 5.07. The molecule has 6 nitrogen and oxygen atoms in total. The van der Waals surface area contributed by atoms with Crippen molar-refractivity contribution in [3.05, 3.63) is 9.55 Å². The quantitative estimate of drug-likeness (QED) is 0.547. The zero-order valence-corrected chi connectivity index (χ0v) is 8.56. The third kappa shape index (κ3) is 3.56. The van der Waals surface area contributed by atoms with Gasteiger partial charge in [0.25, 0.3) is 0 Å². The van der Waals surface area contributed by atoms with Crippen LogP contribution in [0.3, 0.4) is 0 Å². The largest absolute Gasteiger partial charge is 0.366 e. The van der Waals surface area contributed by atoms with Gasteiger partial charge in [-0.1, -0.05) is 23.2 Å². The van der Waals surface area contributed by atoms with E-state index < -0.39 is 24.7 Å². The van der Waals surface area contributed by atoms with E-state index in [-0.39, 0.29) is 0 Å². The number of halogens is 2. The lowest BCUT2D eigenvalue weighted by molar-refractivity contribution is 0.367. The molecule has 0 saturated carbocycles. The van der Waals surface area contributed by atoms with E-state index in [1.165, 1.54) is 0 Å². The molecule has 0 fully saturated rings. The van der Waals surface area contributed by atoms with E-state index in [0.29, 0.717) is 0 Å². The third-order valence-corrected chi connectivity index (χ3v) is 4.74. The minimum atomic E-state index is -5.10. The molecule has 0 amide bonds. The van der Waals surface area contributed by atoms with Crippen LogP contribution >= 0.6 is 38.4 Å². The van der Waals surface area contributed by atoms with E-state index >= 15 is 0 Å². The van der Waals surface area contributed by atoms with Crippen molar-refractivity contribution >= 4 is 38.4 Å². The van der Waals surface area contributed by atoms with E-state index in [4.69, 9.17) is 42.8 Å². The van der Waals surface area contributed by atoms with Gasteiger partial charge in [0.15, 0.2) is 5.06 Å². The summed E-state index contributed by atoms with van der Waals surface area (Å²) in [4.78, 5) is 33.5. The van der Waals surface area contributed by atoms with E-state index in [1.54, 1.807) is 0 Å². The molecule has 0 unspecified atom stereocenters. The molecular weight excluding hydrogens is 253 g/mol. The lowest BCUT2D eigenvalue weighted by Crippen LogP contribution is -1.88. The predicted octanol–water partition coefficient (Wildman–Crippen LogP) is 0.946. The summed E-state index contributed by atoms with van der Waals surface area (Å²) in [5, 5.41) is -1.56. The monoisotopic (exact) mass is 256 g/mol. The van der Waals surface area contributed by atoms with Crippen molar-refractivity contribution in [1.29, 1.82) is 0 Å². The molecule has 0 atom stereocenters. The summed E-state index contributed by atoms with van der Waals surface area (Å²) in [6.07, 6.45) is 0. The second kappa shape index (κ2) is 3.78. The van der Waals surface area contributed by atoms with Crippen LogP contribution in [0.25, 0.3) is 0 Å². The van der Waals surface area contributed by atoms with Gasteiger partial charge in [-0.25, -0.2) is 0 Å². The summed E-state index contributed by atoms with van der Waals surface area (Å²) >= 11 is 9.75. The molecule has 0 aliphatic carbocycles. The number of rotatable bonds is 2. The van der Waals surface area contributed by atoms with Crippen LogP contribution in [0.4, 0.5) is 0 Å². The number of hydrogen-bond donors (Lipinski definition) is 4. The van der Waals surface area contributed by atoms with Crippen molar-refractivity contribution in [2.24, 2.45) is 0 Å². The number of hydrogen-bond acceptors (Lipinski definition) is 2. The van der Waals surface area contributed by atoms with Gasteiger partial charge in [0.2, 0.25) is 0 Å². The molecule has 10 heteroatoms. The predicted molar refractivity (Wildman–Crippen MR) is 42.8 cm³/mol. The van der Waals surface area contributed by atoms with E-state index in [2.05, 4.69) is 0 Å². The fraction of sp³-hybridized carbons (Fsp3) is 0. The highest BCUT2D eigenvalue weighted by molar-refractivity contribution is 7.77. The summed E-state index contributed by atoms with van der Waals surface area (Å²) in [5.74, 6) is 0. The molecule has 4 N–H and O–H groups in total. The second-order valence-electron chi connectivity index (χ2n) is 1.67. The van der Waals surface area contributed by atoms with Crippen molar-refractivity contribution in [2.45, 2.75) is 0 Å². The van der Waals surface area contributed by atoms with Gasteiger partial charge in [0.05, 0.1) is 0 Å². The van der Waals surface area contributed by atoms with Crippen LogP contribution in [-0.2, 0) is 9.13 Å². The maximum absolute atomic E-state index is 10.4. The van der Waals surface area contributed by atoms with Crippen LogP contribution in [0.2, 0.25) is 0 Å². The Morgan fingerprint density at radius 3 is 1.17 bits per heavy atom. The van der Waals surface area contributed by atoms with Gasteiger partial charge < -0.3 is 19.6 Å². The van der Waals surface area contributed by atoms with Crippen LogP contribution in [0, 0.1) is 0 Å². The Morgan fingerprint density at radius 1 is 0.917 bits per heavy atom. The Balaban J connectivity index is 5.45. The maximum atomic E-state index is 10.4. The molecule has 0 aliphatic rings. The standard InChI is InChI=1S/C2H4Cl2O6P2/c3-1(4)2(11(5,6)7)12(8,9)10/h(H2,5,6,7)(H2,8,9,10). The average Bonchev–Trinajstić information content (AvgIpc) is 1.49.